The van der Waals surface area contributed by atoms with Crippen LogP contribution in [-0.4, -0.2) is 48.2 Å². The van der Waals surface area contributed by atoms with Gasteiger partial charge in [-0.25, -0.2) is 4.79 Å². The highest BCUT2D eigenvalue weighted by atomic mass is 16.5. The molecule has 0 rings (SSSR count). The molecule has 0 aliphatic rings. The first-order valence-corrected chi connectivity index (χ1v) is 23.2. The molecule has 0 aliphatic heterocycles. The summed E-state index contributed by atoms with van der Waals surface area (Å²) >= 11 is 0. The number of carboxylic acids is 1. The number of carboxylic acid groups (broad SMARTS) is 1. The first-order valence-electron chi connectivity index (χ1n) is 23.2. The summed E-state index contributed by atoms with van der Waals surface area (Å²) < 4.78 is 10.9. The third-order valence-corrected chi connectivity index (χ3v) is 10.6. The molecule has 1 amide bonds. The van der Waals surface area contributed by atoms with Gasteiger partial charge in [-0.1, -0.05) is 206 Å². The van der Waals surface area contributed by atoms with Crippen LogP contribution in [0.3, 0.4) is 0 Å². The van der Waals surface area contributed by atoms with Gasteiger partial charge < -0.3 is 19.9 Å². The Morgan fingerprint density at radius 3 is 1.11 bits per heavy atom. The lowest BCUT2D eigenvalue weighted by atomic mass is 10.0. The first kappa shape index (κ1) is 51.9. The predicted molar refractivity (Wildman–Crippen MR) is 224 cm³/mol. The van der Waals surface area contributed by atoms with Gasteiger partial charge in [0.15, 0.2) is 0 Å². The fourth-order valence-electron chi connectivity index (χ4n) is 7.01. The van der Waals surface area contributed by atoms with Crippen LogP contribution in [0.5, 0.6) is 0 Å². The van der Waals surface area contributed by atoms with Crippen LogP contribution in [0.1, 0.15) is 251 Å². The van der Waals surface area contributed by atoms with Crippen LogP contribution >= 0.6 is 0 Å². The molecule has 2 N–H and O–H groups in total. The van der Waals surface area contributed by atoms with Crippen molar-refractivity contribution in [3.63, 3.8) is 0 Å². The average molecular weight is 766 g/mol. The summed E-state index contributed by atoms with van der Waals surface area (Å²) in [7, 11) is 0. The molecule has 8 heteroatoms. The summed E-state index contributed by atoms with van der Waals surface area (Å²) in [6.07, 6.45) is 41.1. The zero-order valence-electron chi connectivity index (χ0n) is 35.6. The van der Waals surface area contributed by atoms with Crippen molar-refractivity contribution in [3.8, 4) is 0 Å². The highest BCUT2D eigenvalue weighted by Crippen LogP contribution is 2.16. The summed E-state index contributed by atoms with van der Waals surface area (Å²) in [5.74, 6) is -2.31. The molecular weight excluding hydrogens is 679 g/mol. The van der Waals surface area contributed by atoms with E-state index in [1.165, 1.54) is 167 Å². The number of unbranched alkanes of at least 4 members (excludes halogenated alkanes) is 30. The minimum atomic E-state index is -0.968. The maximum absolute atomic E-state index is 12.9. The Kier molecular flexibility index (Phi) is 40.4. The van der Waals surface area contributed by atoms with Crippen LogP contribution < -0.4 is 5.32 Å². The third-order valence-electron chi connectivity index (χ3n) is 10.6. The van der Waals surface area contributed by atoms with Crippen LogP contribution in [0.25, 0.3) is 0 Å². The molecule has 0 saturated carbocycles. The van der Waals surface area contributed by atoms with E-state index in [2.05, 4.69) is 19.2 Å². The summed E-state index contributed by atoms with van der Waals surface area (Å²) in [6.45, 7) is 5.18. The van der Waals surface area contributed by atoms with E-state index < -0.39 is 23.9 Å². The van der Waals surface area contributed by atoms with Gasteiger partial charge in [-0.3, -0.25) is 14.4 Å². The Hall–Kier alpha value is -2.12. The van der Waals surface area contributed by atoms with Gasteiger partial charge in [0.2, 0.25) is 5.91 Å². The average Bonchev–Trinajstić information content (AvgIpc) is 3.15. The maximum Gasteiger partial charge on any atom is 0.328 e. The molecule has 318 valence electrons. The van der Waals surface area contributed by atoms with Crippen molar-refractivity contribution in [1.29, 1.82) is 0 Å². The summed E-state index contributed by atoms with van der Waals surface area (Å²) in [5, 5.41) is 11.5. The van der Waals surface area contributed by atoms with Crippen LogP contribution in [0, 0.1) is 0 Å². The van der Waals surface area contributed by atoms with E-state index >= 15 is 0 Å². The van der Waals surface area contributed by atoms with Crippen molar-refractivity contribution < 1.29 is 33.8 Å². The van der Waals surface area contributed by atoms with Crippen LogP contribution in [0.15, 0.2) is 0 Å². The van der Waals surface area contributed by atoms with Gasteiger partial charge in [-0.2, -0.15) is 0 Å². The monoisotopic (exact) mass is 766 g/mol. The summed E-state index contributed by atoms with van der Waals surface area (Å²) in [4.78, 5) is 48.6. The molecule has 0 radical (unpaired) electrons. The van der Waals surface area contributed by atoms with E-state index in [1.807, 2.05) is 0 Å². The van der Waals surface area contributed by atoms with Gasteiger partial charge >= 0.3 is 17.9 Å². The molecule has 54 heavy (non-hydrogen) atoms. The molecule has 0 aliphatic carbocycles. The van der Waals surface area contributed by atoms with Gasteiger partial charge in [0.05, 0.1) is 13.2 Å². The topological polar surface area (TPSA) is 119 Å². The molecule has 0 aromatic rings. The fraction of sp³-hybridized carbons (Fsp3) is 0.913. The zero-order chi connectivity index (χ0) is 39.6. The predicted octanol–water partition coefficient (Wildman–Crippen LogP) is 13.1. The van der Waals surface area contributed by atoms with Crippen LogP contribution in [0.2, 0.25) is 0 Å². The lowest BCUT2D eigenvalue weighted by Gasteiger charge is -2.17. The van der Waals surface area contributed by atoms with Crippen molar-refractivity contribution in [2.75, 3.05) is 13.2 Å². The van der Waals surface area contributed by atoms with E-state index in [0.29, 0.717) is 6.61 Å². The Balaban J connectivity index is 4.05. The number of hydrogen-bond acceptors (Lipinski definition) is 6. The number of nitrogens with one attached hydrogen (secondary N) is 1. The minimum absolute atomic E-state index is 0.00109. The second-order valence-electron chi connectivity index (χ2n) is 15.9. The highest BCUT2D eigenvalue weighted by molar-refractivity contribution is 5.85. The molecule has 0 heterocycles. The van der Waals surface area contributed by atoms with E-state index in [-0.39, 0.29) is 44.7 Å². The smallest absolute Gasteiger partial charge is 0.328 e. The van der Waals surface area contributed by atoms with Gasteiger partial charge in [-0.05, 0) is 25.7 Å². The second kappa shape index (κ2) is 42.0. The fourth-order valence-corrected chi connectivity index (χ4v) is 7.01. The van der Waals surface area contributed by atoms with Crippen molar-refractivity contribution in [1.82, 2.24) is 5.32 Å². The highest BCUT2D eigenvalue weighted by Gasteiger charge is 2.23. The largest absolute Gasteiger partial charge is 0.481 e. The summed E-state index contributed by atoms with van der Waals surface area (Å²) in [5.41, 5.74) is 0. The number of carbonyl (C=O) groups is 4. The molecule has 0 fully saturated rings. The number of esters is 2. The first-order chi connectivity index (χ1) is 26.4. The lowest BCUT2D eigenvalue weighted by Crippen LogP contribution is -2.42. The molecule has 1 atom stereocenters. The van der Waals surface area contributed by atoms with Gasteiger partial charge in [0.25, 0.3) is 0 Å². The van der Waals surface area contributed by atoms with Gasteiger partial charge in [-0.15, -0.1) is 0 Å². The number of ether oxygens (including phenoxy) is 2. The minimum Gasteiger partial charge on any atom is -0.481 e. The Morgan fingerprint density at radius 1 is 0.426 bits per heavy atom. The molecule has 0 aromatic carbocycles. The normalized spacial score (nSPS) is 11.7. The molecular formula is C46H87NO7. The Morgan fingerprint density at radius 2 is 0.759 bits per heavy atom. The molecule has 8 nitrogen and oxygen atoms in total. The number of carbonyl (C=O) groups excluding carboxylic acids is 3. The standard InChI is InChI=1S/C46H87NO7/c1-3-5-7-9-11-13-15-17-19-21-23-25-27-29-31-33-40-53-45(51)39-38-42(47-43(48)36-35-37-44(49)50)46(52)54-41-34-32-30-28-26-24-22-20-18-16-14-12-10-8-6-4-2/h42H,3-41H2,1-2H3,(H,47,48)(H,49,50)/t42-/m0/s1. The summed E-state index contributed by atoms with van der Waals surface area (Å²) in [6, 6.07) is -0.952. The molecule has 0 bridgehead atoms. The number of aliphatic carboxylic acids is 1. The quantitative estimate of drug-likeness (QED) is 0.0468. The Bertz CT molecular complexity index is 864. The number of amides is 1. The van der Waals surface area contributed by atoms with E-state index in [9.17, 15) is 19.2 Å². The third kappa shape index (κ3) is 39.6. The number of rotatable bonds is 43. The van der Waals surface area contributed by atoms with Gasteiger partial charge in [0.1, 0.15) is 6.04 Å². The van der Waals surface area contributed by atoms with E-state index in [4.69, 9.17) is 14.6 Å². The molecule has 0 unspecified atom stereocenters. The second-order valence-corrected chi connectivity index (χ2v) is 15.9. The van der Waals surface area contributed by atoms with Crippen molar-refractivity contribution >= 4 is 23.8 Å². The molecule has 0 saturated heterocycles. The van der Waals surface area contributed by atoms with Crippen molar-refractivity contribution in [2.24, 2.45) is 0 Å². The Labute approximate surface area is 332 Å². The van der Waals surface area contributed by atoms with Crippen LogP contribution in [-0.2, 0) is 28.7 Å². The molecule has 0 aromatic heterocycles. The van der Waals surface area contributed by atoms with Crippen molar-refractivity contribution in [3.05, 3.63) is 0 Å². The van der Waals surface area contributed by atoms with Crippen LogP contribution in [0.4, 0.5) is 0 Å². The van der Waals surface area contributed by atoms with Gasteiger partial charge in [0, 0.05) is 19.3 Å². The number of hydrogen-bond donors (Lipinski definition) is 2. The van der Waals surface area contributed by atoms with Crippen molar-refractivity contribution in [2.45, 2.75) is 257 Å². The zero-order valence-corrected chi connectivity index (χ0v) is 35.6. The van der Waals surface area contributed by atoms with E-state index in [1.54, 1.807) is 0 Å². The maximum atomic E-state index is 12.9. The van der Waals surface area contributed by atoms with E-state index in [0.717, 1.165) is 38.5 Å². The SMILES string of the molecule is CCCCCCCCCCCCCCCCCCOC(=O)CC[C@H](NC(=O)CCCC(=O)O)C(=O)OCCCCCCCCCCCCCCCCCC. The lowest BCUT2D eigenvalue weighted by molar-refractivity contribution is -0.149. The molecule has 0 spiro atoms.